The fourth-order valence-electron chi connectivity index (χ4n) is 2.10. The number of aromatic nitrogens is 1. The number of hydrogen-bond acceptors (Lipinski definition) is 4. The molecular weight excluding hydrogens is 234 g/mol. The maximum Gasteiger partial charge on any atom is 0.139 e. The molecule has 3 nitrogen and oxygen atoms in total. The molecule has 4 heteroatoms. The third-order valence-corrected chi connectivity index (χ3v) is 4.00. The van der Waals surface area contributed by atoms with E-state index in [9.17, 15) is 4.79 Å². The molecule has 1 aliphatic rings. The van der Waals surface area contributed by atoms with Gasteiger partial charge in [0.2, 0.25) is 0 Å². The normalized spacial score (nSPS) is 20.4. The highest BCUT2D eigenvalue weighted by Crippen LogP contribution is 2.18. The molecule has 1 aromatic heterocycles. The first kappa shape index (κ1) is 12.7. The van der Waals surface area contributed by atoms with E-state index >= 15 is 0 Å². The van der Waals surface area contributed by atoms with Crippen molar-refractivity contribution in [1.29, 1.82) is 0 Å². The molecule has 1 unspecified atom stereocenters. The molecule has 1 aromatic rings. The van der Waals surface area contributed by atoms with Crippen LogP contribution in [0, 0.1) is 6.92 Å². The molecule has 0 aromatic carbocycles. The van der Waals surface area contributed by atoms with Gasteiger partial charge in [0, 0.05) is 24.1 Å². The van der Waals surface area contributed by atoms with Crippen molar-refractivity contribution in [1.82, 2.24) is 4.98 Å². The Morgan fingerprint density at radius 1 is 1.59 bits per heavy atom. The van der Waals surface area contributed by atoms with Crippen molar-refractivity contribution < 1.29 is 9.53 Å². The van der Waals surface area contributed by atoms with Gasteiger partial charge in [-0.15, -0.1) is 11.3 Å². The number of ketones is 1. The number of nitrogens with zero attached hydrogens (tertiary/aromatic N) is 1. The van der Waals surface area contributed by atoms with Crippen molar-refractivity contribution in [2.24, 2.45) is 0 Å². The molecule has 0 bridgehead atoms. The fraction of sp³-hybridized carbons (Fsp3) is 0.692. The zero-order valence-electron chi connectivity index (χ0n) is 10.3. The summed E-state index contributed by atoms with van der Waals surface area (Å²) in [6.45, 7) is 2.82. The van der Waals surface area contributed by atoms with E-state index in [0.717, 1.165) is 30.2 Å². The van der Waals surface area contributed by atoms with Gasteiger partial charge in [0.05, 0.1) is 12.5 Å². The second-order valence-corrected chi connectivity index (χ2v) is 5.57. The summed E-state index contributed by atoms with van der Waals surface area (Å²) in [6.07, 6.45) is 5.83. The average Bonchev–Trinajstić information content (AvgIpc) is 2.73. The van der Waals surface area contributed by atoms with Gasteiger partial charge < -0.3 is 4.74 Å². The highest BCUT2D eigenvalue weighted by Gasteiger charge is 2.15. The fourth-order valence-corrected chi connectivity index (χ4v) is 2.90. The first-order chi connectivity index (χ1) is 8.24. The van der Waals surface area contributed by atoms with Crippen molar-refractivity contribution in [3.8, 4) is 0 Å². The van der Waals surface area contributed by atoms with Crippen LogP contribution in [0.4, 0.5) is 0 Å². The Bertz CT molecular complexity index is 369. The molecule has 94 valence electrons. The van der Waals surface area contributed by atoms with E-state index < -0.39 is 0 Å². The van der Waals surface area contributed by atoms with Gasteiger partial charge in [-0.2, -0.15) is 0 Å². The van der Waals surface area contributed by atoms with Gasteiger partial charge in [-0.3, -0.25) is 4.79 Å². The van der Waals surface area contributed by atoms with Crippen LogP contribution in [0.3, 0.4) is 0 Å². The van der Waals surface area contributed by atoms with E-state index in [4.69, 9.17) is 4.74 Å². The van der Waals surface area contributed by atoms with Crippen LogP contribution >= 0.6 is 11.3 Å². The second-order valence-electron chi connectivity index (χ2n) is 4.63. The van der Waals surface area contributed by atoms with Gasteiger partial charge in [-0.25, -0.2) is 4.98 Å². The average molecular weight is 253 g/mol. The first-order valence-corrected chi connectivity index (χ1v) is 7.16. The maximum absolute atomic E-state index is 11.8. The summed E-state index contributed by atoms with van der Waals surface area (Å²) in [5.74, 6) is 0.286. The third-order valence-electron chi connectivity index (χ3n) is 3.03. The summed E-state index contributed by atoms with van der Waals surface area (Å²) in [5, 5.41) is 2.93. The highest BCUT2D eigenvalue weighted by molar-refractivity contribution is 7.09. The molecular formula is C13H19NO2S. The van der Waals surface area contributed by atoms with Gasteiger partial charge in [0.1, 0.15) is 10.8 Å². The van der Waals surface area contributed by atoms with Gasteiger partial charge in [-0.1, -0.05) is 0 Å². The lowest BCUT2D eigenvalue weighted by atomic mass is 10.0. The quantitative estimate of drug-likeness (QED) is 0.810. The molecule has 0 amide bonds. The Morgan fingerprint density at radius 3 is 3.12 bits per heavy atom. The molecule has 17 heavy (non-hydrogen) atoms. The Morgan fingerprint density at radius 2 is 2.47 bits per heavy atom. The van der Waals surface area contributed by atoms with E-state index in [1.165, 1.54) is 12.8 Å². The van der Waals surface area contributed by atoms with Crippen molar-refractivity contribution in [2.45, 2.75) is 51.6 Å². The molecule has 0 N–H and O–H groups in total. The van der Waals surface area contributed by atoms with Gasteiger partial charge in [0.25, 0.3) is 0 Å². The molecule has 1 aliphatic heterocycles. The molecule has 1 atom stereocenters. The predicted octanol–water partition coefficient (Wildman–Crippen LogP) is 2.91. The Kier molecular flexibility index (Phi) is 4.68. The van der Waals surface area contributed by atoms with E-state index in [-0.39, 0.29) is 5.78 Å². The Balaban J connectivity index is 1.70. The van der Waals surface area contributed by atoms with Gasteiger partial charge in [0.15, 0.2) is 0 Å². The summed E-state index contributed by atoms with van der Waals surface area (Å²) < 4.78 is 5.62. The molecule has 1 fully saturated rings. The first-order valence-electron chi connectivity index (χ1n) is 6.28. The lowest BCUT2D eigenvalue weighted by Crippen LogP contribution is -2.20. The van der Waals surface area contributed by atoms with Gasteiger partial charge in [-0.05, 0) is 32.6 Å². The second kappa shape index (κ2) is 6.26. The van der Waals surface area contributed by atoms with Crippen molar-refractivity contribution in [3.05, 3.63) is 16.1 Å². The van der Waals surface area contributed by atoms with Crippen LogP contribution in [-0.4, -0.2) is 23.5 Å². The van der Waals surface area contributed by atoms with Gasteiger partial charge >= 0.3 is 0 Å². The third kappa shape index (κ3) is 4.21. The van der Waals surface area contributed by atoms with E-state index in [0.29, 0.717) is 18.9 Å². The van der Waals surface area contributed by atoms with Crippen molar-refractivity contribution in [2.75, 3.05) is 6.61 Å². The molecule has 1 saturated heterocycles. The molecule has 2 rings (SSSR count). The summed E-state index contributed by atoms with van der Waals surface area (Å²) >= 11 is 1.58. The van der Waals surface area contributed by atoms with E-state index in [2.05, 4.69) is 4.98 Å². The standard InChI is InChI=1S/C13H19NO2S/c1-10-9-17-13(14-10)8-11(15)5-6-12-4-2-3-7-16-12/h9,12H,2-8H2,1H3. The zero-order valence-corrected chi connectivity index (χ0v) is 11.1. The van der Waals surface area contributed by atoms with Crippen molar-refractivity contribution in [3.63, 3.8) is 0 Å². The Hall–Kier alpha value is -0.740. The van der Waals surface area contributed by atoms with E-state index in [1.54, 1.807) is 11.3 Å². The summed E-state index contributed by atoms with van der Waals surface area (Å²) in [7, 11) is 0. The minimum atomic E-state index is 0.286. The SMILES string of the molecule is Cc1csc(CC(=O)CCC2CCCCO2)n1. The molecule has 0 spiro atoms. The number of Topliss-reactive ketones (excluding diaryl/α,β-unsaturated/α-hetero) is 1. The number of hydrogen-bond donors (Lipinski definition) is 0. The topological polar surface area (TPSA) is 39.2 Å². The minimum Gasteiger partial charge on any atom is -0.378 e. The largest absolute Gasteiger partial charge is 0.378 e. The molecule has 0 radical (unpaired) electrons. The minimum absolute atomic E-state index is 0.286. The van der Waals surface area contributed by atoms with Crippen molar-refractivity contribution >= 4 is 17.1 Å². The molecule has 2 heterocycles. The maximum atomic E-state index is 11.8. The summed E-state index contributed by atoms with van der Waals surface area (Å²) in [5.41, 5.74) is 1.01. The van der Waals surface area contributed by atoms with Crippen LogP contribution in [0.5, 0.6) is 0 Å². The highest BCUT2D eigenvalue weighted by atomic mass is 32.1. The number of thiazole rings is 1. The van der Waals surface area contributed by atoms with Crippen LogP contribution in [0.1, 0.15) is 42.8 Å². The monoisotopic (exact) mass is 253 g/mol. The smallest absolute Gasteiger partial charge is 0.139 e. The van der Waals surface area contributed by atoms with Crippen LogP contribution < -0.4 is 0 Å². The van der Waals surface area contributed by atoms with Crippen LogP contribution in [0.2, 0.25) is 0 Å². The lowest BCUT2D eigenvalue weighted by Gasteiger charge is -2.21. The summed E-state index contributed by atoms with van der Waals surface area (Å²) in [4.78, 5) is 16.1. The molecule has 0 aliphatic carbocycles. The van der Waals surface area contributed by atoms with Crippen LogP contribution in [-0.2, 0) is 16.0 Å². The number of carbonyl (C=O) groups excluding carboxylic acids is 1. The van der Waals surface area contributed by atoms with Crippen LogP contribution in [0.25, 0.3) is 0 Å². The Labute approximate surface area is 106 Å². The van der Waals surface area contributed by atoms with E-state index in [1.807, 2.05) is 12.3 Å². The number of ether oxygens (including phenoxy) is 1. The summed E-state index contributed by atoms with van der Waals surface area (Å²) in [6, 6.07) is 0. The molecule has 0 saturated carbocycles. The predicted molar refractivity (Wildman–Crippen MR) is 68.4 cm³/mol. The number of aryl methyl sites for hydroxylation is 1. The zero-order chi connectivity index (χ0) is 12.1. The lowest BCUT2D eigenvalue weighted by molar-refractivity contribution is -0.119. The van der Waals surface area contributed by atoms with Crippen LogP contribution in [0.15, 0.2) is 5.38 Å². The number of carbonyl (C=O) groups is 1. The number of rotatable bonds is 5.